The first-order valence-electron chi connectivity index (χ1n) is 11.2. The van der Waals surface area contributed by atoms with Crippen LogP contribution in [0.5, 0.6) is 0 Å². The number of piperidine rings is 1. The van der Waals surface area contributed by atoms with E-state index in [0.717, 1.165) is 68.9 Å². The lowest BCUT2D eigenvalue weighted by Crippen LogP contribution is -2.38. The van der Waals surface area contributed by atoms with Crippen LogP contribution in [-0.2, 0) is 11.3 Å². The molecule has 1 atom stereocenters. The Morgan fingerprint density at radius 2 is 1.97 bits per heavy atom. The number of rotatable bonds is 6. The topological polar surface area (TPSA) is 114 Å². The number of anilines is 1. The van der Waals surface area contributed by atoms with Gasteiger partial charge in [0.2, 0.25) is 17.6 Å². The summed E-state index contributed by atoms with van der Waals surface area (Å²) in [5, 5.41) is 4.21. The lowest BCUT2D eigenvalue weighted by molar-refractivity contribution is -0.122. The first-order chi connectivity index (χ1) is 15.7. The van der Waals surface area contributed by atoms with Crippen LogP contribution in [0.1, 0.15) is 43.3 Å². The maximum absolute atomic E-state index is 11.4. The number of hydrogen-bond acceptors (Lipinski definition) is 8. The van der Waals surface area contributed by atoms with Crippen LogP contribution in [0.3, 0.4) is 0 Å². The largest absolute Gasteiger partial charge is 0.369 e. The van der Waals surface area contributed by atoms with E-state index in [1.807, 2.05) is 36.5 Å². The van der Waals surface area contributed by atoms with Gasteiger partial charge in [0.15, 0.2) is 0 Å². The van der Waals surface area contributed by atoms with Gasteiger partial charge in [0.25, 0.3) is 0 Å². The number of likely N-dealkylation sites (tertiary alicyclic amines) is 1. The third-order valence-corrected chi connectivity index (χ3v) is 6.41. The number of aromatic nitrogens is 4. The van der Waals surface area contributed by atoms with E-state index in [1.165, 1.54) is 0 Å². The van der Waals surface area contributed by atoms with E-state index in [1.54, 1.807) is 6.20 Å². The van der Waals surface area contributed by atoms with Gasteiger partial charge in [0.05, 0.1) is 11.7 Å². The Balaban J connectivity index is 1.25. The summed E-state index contributed by atoms with van der Waals surface area (Å²) in [6.07, 6.45) is 7.23. The molecule has 5 heterocycles. The minimum atomic E-state index is -0.207. The van der Waals surface area contributed by atoms with Crippen molar-refractivity contribution in [2.24, 2.45) is 11.7 Å². The molecule has 0 aromatic carbocycles. The number of amides is 1. The van der Waals surface area contributed by atoms with Crippen molar-refractivity contribution in [3.05, 3.63) is 54.3 Å². The van der Waals surface area contributed by atoms with Crippen LogP contribution in [0.25, 0.3) is 11.4 Å². The first kappa shape index (κ1) is 20.6. The minimum absolute atomic E-state index is 0.0314. The van der Waals surface area contributed by atoms with E-state index in [2.05, 4.69) is 29.9 Å². The van der Waals surface area contributed by atoms with Gasteiger partial charge in [-0.3, -0.25) is 14.7 Å². The van der Waals surface area contributed by atoms with Crippen molar-refractivity contribution in [2.45, 2.75) is 38.3 Å². The van der Waals surface area contributed by atoms with E-state index in [9.17, 15) is 4.79 Å². The van der Waals surface area contributed by atoms with Crippen LogP contribution in [0.2, 0.25) is 0 Å². The monoisotopic (exact) mass is 433 g/mol. The van der Waals surface area contributed by atoms with Crippen molar-refractivity contribution in [1.29, 1.82) is 0 Å². The van der Waals surface area contributed by atoms with Crippen LogP contribution >= 0.6 is 0 Å². The van der Waals surface area contributed by atoms with E-state index >= 15 is 0 Å². The molecule has 1 unspecified atom stereocenters. The molecule has 5 rings (SSSR count). The molecule has 0 radical (unpaired) electrons. The minimum Gasteiger partial charge on any atom is -0.369 e. The van der Waals surface area contributed by atoms with Gasteiger partial charge in [0, 0.05) is 43.5 Å². The van der Waals surface area contributed by atoms with Gasteiger partial charge in [-0.25, -0.2) is 4.98 Å². The molecule has 0 aliphatic carbocycles. The molecule has 166 valence electrons. The van der Waals surface area contributed by atoms with E-state index in [-0.39, 0.29) is 17.9 Å². The Kier molecular flexibility index (Phi) is 5.81. The fraction of sp³-hybridized carbons (Fsp3) is 0.435. The van der Waals surface area contributed by atoms with Gasteiger partial charge in [-0.2, -0.15) is 4.98 Å². The zero-order valence-corrected chi connectivity index (χ0v) is 17.9. The Hall–Kier alpha value is -3.33. The summed E-state index contributed by atoms with van der Waals surface area (Å²) in [5.74, 6) is 1.85. The van der Waals surface area contributed by atoms with E-state index in [0.29, 0.717) is 11.7 Å². The quantitative estimate of drug-likeness (QED) is 0.631. The number of carbonyl (C=O) groups excluding carboxylic acids is 1. The smallest absolute Gasteiger partial charge is 0.244 e. The molecule has 0 bridgehead atoms. The zero-order valence-electron chi connectivity index (χ0n) is 17.9. The molecular formula is C23H27N7O2. The highest BCUT2D eigenvalue weighted by atomic mass is 16.5. The summed E-state index contributed by atoms with van der Waals surface area (Å²) >= 11 is 0. The third-order valence-electron chi connectivity index (χ3n) is 6.41. The number of nitrogens with two attached hydrogens (primary N) is 1. The Morgan fingerprint density at radius 1 is 1.09 bits per heavy atom. The maximum atomic E-state index is 11.4. The van der Waals surface area contributed by atoms with Crippen molar-refractivity contribution >= 4 is 11.7 Å². The van der Waals surface area contributed by atoms with E-state index in [4.69, 9.17) is 10.3 Å². The van der Waals surface area contributed by atoms with Crippen molar-refractivity contribution < 1.29 is 9.32 Å². The summed E-state index contributed by atoms with van der Waals surface area (Å²) in [6.45, 7) is 3.31. The molecule has 9 nitrogen and oxygen atoms in total. The molecule has 1 amide bonds. The van der Waals surface area contributed by atoms with Crippen LogP contribution in [0, 0.1) is 5.92 Å². The van der Waals surface area contributed by atoms with Gasteiger partial charge < -0.3 is 15.2 Å². The van der Waals surface area contributed by atoms with Crippen molar-refractivity contribution in [1.82, 2.24) is 25.0 Å². The summed E-state index contributed by atoms with van der Waals surface area (Å²) in [7, 11) is 0. The second-order valence-corrected chi connectivity index (χ2v) is 8.47. The van der Waals surface area contributed by atoms with Crippen LogP contribution < -0.4 is 10.6 Å². The Bertz CT molecular complexity index is 1050. The van der Waals surface area contributed by atoms with Gasteiger partial charge >= 0.3 is 0 Å². The van der Waals surface area contributed by atoms with Crippen molar-refractivity contribution in [3.8, 4) is 11.4 Å². The maximum Gasteiger partial charge on any atom is 0.244 e. The summed E-state index contributed by atoms with van der Waals surface area (Å²) < 4.78 is 5.65. The number of primary amides is 1. The van der Waals surface area contributed by atoms with Crippen LogP contribution in [-0.4, -0.2) is 50.5 Å². The Morgan fingerprint density at radius 3 is 2.69 bits per heavy atom. The molecular weight excluding hydrogens is 406 g/mol. The second kappa shape index (κ2) is 9.04. The molecule has 3 aromatic rings. The number of nitrogens with zero attached hydrogens (tertiary/aromatic N) is 6. The second-order valence-electron chi connectivity index (χ2n) is 8.47. The SMILES string of the molecule is NC(=O)C1CCN(c2ccc(-c3noc(C4CCCN4Cc4ccccn4)n3)cn2)CC1. The standard InChI is InChI=1S/C23H27N7O2/c24-21(31)16-8-12-29(13-9-16)20-7-6-17(14-26-20)22-27-23(32-28-22)19-5-3-11-30(19)15-18-4-1-2-10-25-18/h1-2,4,6-7,10,14,16,19H,3,5,8-9,11-13,15H2,(H2,24,31). The highest BCUT2D eigenvalue weighted by molar-refractivity contribution is 5.77. The number of carbonyl (C=O) groups is 1. The normalized spacial score (nSPS) is 20.0. The zero-order chi connectivity index (χ0) is 21.9. The molecule has 2 fully saturated rings. The van der Waals surface area contributed by atoms with E-state index < -0.39 is 0 Å². The first-order valence-corrected chi connectivity index (χ1v) is 11.2. The van der Waals surface area contributed by atoms with Crippen LogP contribution in [0.15, 0.2) is 47.2 Å². The molecule has 2 N–H and O–H groups in total. The molecule has 0 saturated carbocycles. The summed E-state index contributed by atoms with van der Waals surface area (Å²) in [6, 6.07) is 10.0. The van der Waals surface area contributed by atoms with Gasteiger partial charge in [-0.15, -0.1) is 0 Å². The molecule has 9 heteroatoms. The van der Waals surface area contributed by atoms with Crippen LogP contribution in [0.4, 0.5) is 5.82 Å². The lowest BCUT2D eigenvalue weighted by Gasteiger charge is -2.31. The molecule has 2 aliphatic rings. The molecule has 32 heavy (non-hydrogen) atoms. The highest BCUT2D eigenvalue weighted by Gasteiger charge is 2.31. The summed E-state index contributed by atoms with van der Waals surface area (Å²) in [4.78, 5) is 29.6. The number of hydrogen-bond donors (Lipinski definition) is 1. The van der Waals surface area contributed by atoms with Crippen molar-refractivity contribution in [2.75, 3.05) is 24.5 Å². The predicted octanol–water partition coefficient (Wildman–Crippen LogP) is 2.57. The fourth-order valence-electron chi connectivity index (χ4n) is 4.58. The molecule has 2 saturated heterocycles. The fourth-order valence-corrected chi connectivity index (χ4v) is 4.58. The highest BCUT2D eigenvalue weighted by Crippen LogP contribution is 2.33. The van der Waals surface area contributed by atoms with Gasteiger partial charge in [-0.05, 0) is 56.5 Å². The van der Waals surface area contributed by atoms with Gasteiger partial charge in [-0.1, -0.05) is 11.2 Å². The average molecular weight is 434 g/mol. The van der Waals surface area contributed by atoms with Crippen molar-refractivity contribution in [3.63, 3.8) is 0 Å². The predicted molar refractivity (Wildman–Crippen MR) is 118 cm³/mol. The molecule has 3 aromatic heterocycles. The lowest BCUT2D eigenvalue weighted by atomic mass is 9.96. The van der Waals surface area contributed by atoms with Gasteiger partial charge in [0.1, 0.15) is 5.82 Å². The Labute approximate surface area is 186 Å². The number of pyridine rings is 2. The molecule has 2 aliphatic heterocycles. The average Bonchev–Trinajstić information content (AvgIpc) is 3.50. The third kappa shape index (κ3) is 4.34. The summed E-state index contributed by atoms with van der Waals surface area (Å²) in [5.41, 5.74) is 7.29. The molecule has 0 spiro atoms.